The van der Waals surface area contributed by atoms with Crippen LogP contribution >= 0.6 is 23.1 Å². The van der Waals surface area contributed by atoms with E-state index in [2.05, 4.69) is 20.9 Å². The predicted octanol–water partition coefficient (Wildman–Crippen LogP) is 5.07. The van der Waals surface area contributed by atoms with Crippen molar-refractivity contribution in [3.05, 3.63) is 65.2 Å². The SMILES string of the molecule is CSc1cccc(NC(=O)c2sc(NC(=O)Nc3ccccc3)nc2C)c1. The molecule has 0 aliphatic carbocycles. The fraction of sp³-hybridized carbons (Fsp3) is 0.105. The van der Waals surface area contributed by atoms with Crippen molar-refractivity contribution in [1.29, 1.82) is 0 Å². The summed E-state index contributed by atoms with van der Waals surface area (Å²) in [6.45, 7) is 1.74. The van der Waals surface area contributed by atoms with Crippen molar-refractivity contribution in [3.8, 4) is 0 Å². The van der Waals surface area contributed by atoms with Crippen LogP contribution in [0, 0.1) is 6.92 Å². The largest absolute Gasteiger partial charge is 0.325 e. The van der Waals surface area contributed by atoms with Crippen molar-refractivity contribution in [1.82, 2.24) is 4.98 Å². The minimum Gasteiger partial charge on any atom is -0.321 e. The van der Waals surface area contributed by atoms with Crippen molar-refractivity contribution >= 4 is 51.5 Å². The quantitative estimate of drug-likeness (QED) is 0.524. The van der Waals surface area contributed by atoms with Gasteiger partial charge in [-0.25, -0.2) is 9.78 Å². The van der Waals surface area contributed by atoms with Gasteiger partial charge in [-0.2, -0.15) is 0 Å². The second kappa shape index (κ2) is 8.70. The first-order chi connectivity index (χ1) is 13.0. The van der Waals surface area contributed by atoms with Gasteiger partial charge in [0.15, 0.2) is 5.13 Å². The maximum atomic E-state index is 12.5. The third kappa shape index (κ3) is 5.08. The number of carbonyl (C=O) groups excluding carboxylic acids is 2. The van der Waals surface area contributed by atoms with Gasteiger partial charge < -0.3 is 10.6 Å². The lowest BCUT2D eigenvalue weighted by Crippen LogP contribution is -2.19. The van der Waals surface area contributed by atoms with Gasteiger partial charge in [-0.3, -0.25) is 10.1 Å². The minimum atomic E-state index is -0.408. The maximum absolute atomic E-state index is 12.5. The second-order valence-corrected chi connectivity index (χ2v) is 7.44. The molecule has 0 aliphatic rings. The number of aromatic nitrogens is 1. The van der Waals surface area contributed by atoms with Gasteiger partial charge in [0.25, 0.3) is 5.91 Å². The highest BCUT2D eigenvalue weighted by Gasteiger charge is 2.17. The number of thiazole rings is 1. The molecule has 0 radical (unpaired) electrons. The van der Waals surface area contributed by atoms with Gasteiger partial charge in [-0.15, -0.1) is 11.8 Å². The fourth-order valence-electron chi connectivity index (χ4n) is 2.33. The van der Waals surface area contributed by atoms with Gasteiger partial charge in [-0.1, -0.05) is 35.6 Å². The Kier molecular flexibility index (Phi) is 6.10. The molecule has 0 bridgehead atoms. The highest BCUT2D eigenvalue weighted by Crippen LogP contribution is 2.25. The number of aryl methyl sites for hydroxylation is 1. The normalized spacial score (nSPS) is 10.3. The molecule has 3 aromatic rings. The van der Waals surface area contributed by atoms with E-state index < -0.39 is 6.03 Å². The summed E-state index contributed by atoms with van der Waals surface area (Å²) in [6, 6.07) is 16.3. The van der Waals surface area contributed by atoms with E-state index >= 15 is 0 Å². The Labute approximate surface area is 165 Å². The van der Waals surface area contributed by atoms with Crippen LogP contribution in [-0.4, -0.2) is 23.2 Å². The summed E-state index contributed by atoms with van der Waals surface area (Å²) >= 11 is 2.74. The topological polar surface area (TPSA) is 83.1 Å². The van der Waals surface area contributed by atoms with Crippen molar-refractivity contribution in [2.45, 2.75) is 11.8 Å². The van der Waals surface area contributed by atoms with Crippen molar-refractivity contribution in [2.75, 3.05) is 22.2 Å². The number of hydrogen-bond donors (Lipinski definition) is 3. The molecule has 0 aliphatic heterocycles. The number of nitrogens with one attached hydrogen (secondary N) is 3. The van der Waals surface area contributed by atoms with E-state index in [4.69, 9.17) is 0 Å². The number of hydrogen-bond acceptors (Lipinski definition) is 5. The van der Waals surface area contributed by atoms with Crippen molar-refractivity contribution in [3.63, 3.8) is 0 Å². The van der Waals surface area contributed by atoms with Gasteiger partial charge in [0.1, 0.15) is 4.88 Å². The standard InChI is InChI=1S/C19H18N4O2S2/c1-12-16(17(24)21-14-9-6-10-15(11-14)26-2)27-19(20-12)23-18(25)22-13-7-4-3-5-8-13/h3-11H,1-2H3,(H,21,24)(H2,20,22,23,25). The molecular weight excluding hydrogens is 380 g/mol. The fourth-order valence-corrected chi connectivity index (χ4v) is 3.65. The number of anilines is 3. The number of nitrogens with zero attached hydrogens (tertiary/aromatic N) is 1. The number of carbonyl (C=O) groups is 2. The van der Waals surface area contributed by atoms with Crippen LogP contribution in [0.5, 0.6) is 0 Å². The molecule has 0 atom stereocenters. The Bertz CT molecular complexity index is 957. The lowest BCUT2D eigenvalue weighted by atomic mass is 10.3. The van der Waals surface area contributed by atoms with Crippen molar-refractivity contribution in [2.24, 2.45) is 0 Å². The van der Waals surface area contributed by atoms with Gasteiger partial charge in [0.05, 0.1) is 5.69 Å². The van der Waals surface area contributed by atoms with Crippen LogP contribution in [0.3, 0.4) is 0 Å². The average molecular weight is 399 g/mol. The molecule has 138 valence electrons. The van der Waals surface area contributed by atoms with Crippen LogP contribution in [0.25, 0.3) is 0 Å². The lowest BCUT2D eigenvalue weighted by molar-refractivity contribution is 0.102. The molecule has 0 unspecified atom stereocenters. The zero-order valence-electron chi connectivity index (χ0n) is 14.8. The number of urea groups is 1. The van der Waals surface area contributed by atoms with Crippen LogP contribution in [0.2, 0.25) is 0 Å². The Balaban J connectivity index is 1.66. The molecule has 8 heteroatoms. The number of rotatable bonds is 5. The third-order valence-electron chi connectivity index (χ3n) is 3.58. The zero-order valence-corrected chi connectivity index (χ0v) is 16.4. The summed E-state index contributed by atoms with van der Waals surface area (Å²) in [5.74, 6) is -0.250. The van der Waals surface area contributed by atoms with Gasteiger partial charge in [-0.05, 0) is 43.5 Å². The van der Waals surface area contributed by atoms with Crippen LogP contribution in [0.15, 0.2) is 59.5 Å². The molecule has 3 rings (SSSR count). The average Bonchev–Trinajstić information content (AvgIpc) is 3.02. The summed E-state index contributed by atoms with van der Waals surface area (Å²) in [5.41, 5.74) is 1.96. The van der Waals surface area contributed by atoms with Gasteiger partial charge >= 0.3 is 6.03 Å². The minimum absolute atomic E-state index is 0.250. The molecule has 1 aromatic heterocycles. The summed E-state index contributed by atoms with van der Waals surface area (Å²) in [6.07, 6.45) is 1.98. The number of amides is 3. The van der Waals surface area contributed by atoms with E-state index in [9.17, 15) is 9.59 Å². The third-order valence-corrected chi connectivity index (χ3v) is 5.38. The molecule has 0 saturated carbocycles. The molecule has 0 saturated heterocycles. The van der Waals surface area contributed by atoms with E-state index in [1.807, 2.05) is 48.7 Å². The summed E-state index contributed by atoms with van der Waals surface area (Å²) in [7, 11) is 0. The molecule has 0 spiro atoms. The summed E-state index contributed by atoms with van der Waals surface area (Å²) in [5, 5.41) is 8.61. The molecule has 3 amide bonds. The Morgan fingerprint density at radius 3 is 2.44 bits per heavy atom. The Morgan fingerprint density at radius 2 is 1.70 bits per heavy atom. The van der Waals surface area contributed by atoms with E-state index in [1.54, 1.807) is 30.8 Å². The van der Waals surface area contributed by atoms with Gasteiger partial charge in [0, 0.05) is 16.3 Å². The van der Waals surface area contributed by atoms with Crippen LogP contribution in [0.1, 0.15) is 15.4 Å². The zero-order chi connectivity index (χ0) is 19.2. The number of thioether (sulfide) groups is 1. The lowest BCUT2D eigenvalue weighted by Gasteiger charge is -2.05. The Hall–Kier alpha value is -2.84. The summed E-state index contributed by atoms with van der Waals surface area (Å²) < 4.78 is 0. The van der Waals surface area contributed by atoms with E-state index in [0.717, 1.165) is 21.9 Å². The molecule has 27 heavy (non-hydrogen) atoms. The van der Waals surface area contributed by atoms with Gasteiger partial charge in [0.2, 0.25) is 0 Å². The van der Waals surface area contributed by atoms with E-state index in [0.29, 0.717) is 21.4 Å². The predicted molar refractivity (Wildman–Crippen MR) is 112 cm³/mol. The van der Waals surface area contributed by atoms with E-state index in [1.165, 1.54) is 0 Å². The first-order valence-corrected chi connectivity index (χ1v) is 10.1. The number of benzene rings is 2. The van der Waals surface area contributed by atoms with Crippen LogP contribution < -0.4 is 16.0 Å². The monoisotopic (exact) mass is 398 g/mol. The van der Waals surface area contributed by atoms with E-state index in [-0.39, 0.29) is 5.91 Å². The molecule has 2 aromatic carbocycles. The molecular formula is C19H18N4O2S2. The number of para-hydroxylation sites is 1. The molecule has 3 N–H and O–H groups in total. The smallest absolute Gasteiger partial charge is 0.321 e. The highest BCUT2D eigenvalue weighted by molar-refractivity contribution is 7.98. The molecule has 6 nitrogen and oxygen atoms in total. The second-order valence-electron chi connectivity index (χ2n) is 5.56. The maximum Gasteiger partial charge on any atom is 0.325 e. The first kappa shape index (κ1) is 18.9. The summed E-state index contributed by atoms with van der Waals surface area (Å²) in [4.78, 5) is 30.4. The first-order valence-electron chi connectivity index (χ1n) is 8.11. The van der Waals surface area contributed by atoms with Crippen LogP contribution in [-0.2, 0) is 0 Å². The highest BCUT2D eigenvalue weighted by atomic mass is 32.2. The Morgan fingerprint density at radius 1 is 0.963 bits per heavy atom. The van der Waals surface area contributed by atoms with Crippen LogP contribution in [0.4, 0.5) is 21.3 Å². The van der Waals surface area contributed by atoms with Crippen molar-refractivity contribution < 1.29 is 9.59 Å². The molecule has 0 fully saturated rings. The molecule has 1 heterocycles.